The fourth-order valence-electron chi connectivity index (χ4n) is 3.90. The SMILES string of the molecule is O=C(NCCOc1cccc2ccccc12)C1CCN(S(=O)(=O)c2ccccc2)CC1. The third-order valence-electron chi connectivity index (χ3n) is 5.61. The van der Waals surface area contributed by atoms with Crippen LogP contribution in [-0.4, -0.2) is 44.9 Å². The fourth-order valence-corrected chi connectivity index (χ4v) is 5.39. The Morgan fingerprint density at radius 2 is 1.61 bits per heavy atom. The quantitative estimate of drug-likeness (QED) is 0.574. The summed E-state index contributed by atoms with van der Waals surface area (Å²) in [6.45, 7) is 1.48. The highest BCUT2D eigenvalue weighted by atomic mass is 32.2. The van der Waals surface area contributed by atoms with Gasteiger partial charge < -0.3 is 10.1 Å². The van der Waals surface area contributed by atoms with Crippen molar-refractivity contribution < 1.29 is 17.9 Å². The average molecular weight is 439 g/mol. The second-order valence-electron chi connectivity index (χ2n) is 7.61. The van der Waals surface area contributed by atoms with E-state index in [-0.39, 0.29) is 11.8 Å². The van der Waals surface area contributed by atoms with Gasteiger partial charge in [0.1, 0.15) is 12.4 Å². The van der Waals surface area contributed by atoms with E-state index in [1.54, 1.807) is 30.3 Å². The van der Waals surface area contributed by atoms with Crippen LogP contribution in [0.4, 0.5) is 0 Å². The van der Waals surface area contributed by atoms with E-state index in [4.69, 9.17) is 4.74 Å². The number of nitrogens with zero attached hydrogens (tertiary/aromatic N) is 1. The summed E-state index contributed by atoms with van der Waals surface area (Å²) in [4.78, 5) is 12.8. The van der Waals surface area contributed by atoms with Crippen molar-refractivity contribution in [3.63, 3.8) is 0 Å². The minimum atomic E-state index is -3.50. The molecule has 0 aromatic heterocycles. The Hall–Kier alpha value is -2.90. The molecule has 0 saturated carbocycles. The smallest absolute Gasteiger partial charge is 0.243 e. The second kappa shape index (κ2) is 9.49. The maximum Gasteiger partial charge on any atom is 0.243 e. The molecular formula is C24H26N2O4S. The molecule has 0 spiro atoms. The maximum absolute atomic E-state index is 12.7. The molecule has 4 rings (SSSR count). The Kier molecular flexibility index (Phi) is 6.53. The Balaban J connectivity index is 1.24. The number of amides is 1. The van der Waals surface area contributed by atoms with Crippen molar-refractivity contribution in [1.29, 1.82) is 0 Å². The minimum absolute atomic E-state index is 0.0433. The first-order valence-corrected chi connectivity index (χ1v) is 11.9. The van der Waals surface area contributed by atoms with Crippen molar-refractivity contribution in [2.24, 2.45) is 5.92 Å². The Morgan fingerprint density at radius 1 is 0.935 bits per heavy atom. The van der Waals surface area contributed by atoms with Gasteiger partial charge >= 0.3 is 0 Å². The molecule has 0 aliphatic carbocycles. The number of fused-ring (bicyclic) bond motifs is 1. The summed E-state index contributed by atoms with van der Waals surface area (Å²) >= 11 is 0. The van der Waals surface area contributed by atoms with E-state index in [0.717, 1.165) is 16.5 Å². The van der Waals surface area contributed by atoms with Crippen LogP contribution in [0.2, 0.25) is 0 Å². The van der Waals surface area contributed by atoms with Crippen molar-refractivity contribution in [1.82, 2.24) is 9.62 Å². The summed E-state index contributed by atoms with van der Waals surface area (Å²) in [7, 11) is -3.50. The van der Waals surface area contributed by atoms with E-state index in [9.17, 15) is 13.2 Å². The molecule has 6 nitrogen and oxygen atoms in total. The van der Waals surface area contributed by atoms with Gasteiger partial charge in [-0.15, -0.1) is 0 Å². The largest absolute Gasteiger partial charge is 0.491 e. The van der Waals surface area contributed by atoms with Crippen LogP contribution >= 0.6 is 0 Å². The van der Waals surface area contributed by atoms with Crippen LogP contribution in [0.15, 0.2) is 77.7 Å². The third-order valence-corrected chi connectivity index (χ3v) is 7.53. The highest BCUT2D eigenvalue weighted by Crippen LogP contribution is 2.25. The zero-order chi connectivity index (χ0) is 21.7. The van der Waals surface area contributed by atoms with E-state index in [1.807, 2.05) is 42.5 Å². The number of carbonyl (C=O) groups is 1. The molecule has 1 heterocycles. The van der Waals surface area contributed by atoms with Gasteiger partial charge in [-0.2, -0.15) is 4.31 Å². The summed E-state index contributed by atoms with van der Waals surface area (Å²) in [5.41, 5.74) is 0. The molecule has 0 bridgehead atoms. The zero-order valence-electron chi connectivity index (χ0n) is 17.2. The standard InChI is InChI=1S/C24H26N2O4S/c27-24(25-15-18-30-23-12-6-8-19-7-4-5-11-22(19)23)20-13-16-26(17-14-20)31(28,29)21-9-2-1-3-10-21/h1-12,20H,13-18H2,(H,25,27). The molecule has 7 heteroatoms. The van der Waals surface area contributed by atoms with Gasteiger partial charge in [0.05, 0.1) is 11.4 Å². The van der Waals surface area contributed by atoms with E-state index in [2.05, 4.69) is 5.32 Å². The summed E-state index contributed by atoms with van der Waals surface area (Å²) in [5, 5.41) is 5.08. The summed E-state index contributed by atoms with van der Waals surface area (Å²) in [5.74, 6) is 0.574. The van der Waals surface area contributed by atoms with Crippen LogP contribution in [0, 0.1) is 5.92 Å². The van der Waals surface area contributed by atoms with Crippen LogP contribution < -0.4 is 10.1 Å². The van der Waals surface area contributed by atoms with Crippen molar-refractivity contribution in [2.75, 3.05) is 26.2 Å². The molecular weight excluding hydrogens is 412 g/mol. The normalized spacial score (nSPS) is 15.6. The number of hydrogen-bond donors (Lipinski definition) is 1. The Morgan fingerprint density at radius 3 is 2.39 bits per heavy atom. The Labute approximate surface area is 182 Å². The fraction of sp³-hybridized carbons (Fsp3) is 0.292. The van der Waals surface area contributed by atoms with Gasteiger partial charge in [-0.25, -0.2) is 8.42 Å². The molecule has 1 fully saturated rings. The van der Waals surface area contributed by atoms with Gasteiger partial charge in [-0.3, -0.25) is 4.79 Å². The molecule has 31 heavy (non-hydrogen) atoms. The van der Waals surface area contributed by atoms with Gasteiger partial charge in [-0.1, -0.05) is 54.6 Å². The van der Waals surface area contributed by atoms with Crippen LogP contribution in [0.5, 0.6) is 5.75 Å². The summed E-state index contributed by atoms with van der Waals surface area (Å²) in [6, 6.07) is 22.3. The lowest BCUT2D eigenvalue weighted by Gasteiger charge is -2.30. The molecule has 3 aromatic carbocycles. The molecule has 1 saturated heterocycles. The third kappa shape index (κ3) is 4.89. The van der Waals surface area contributed by atoms with E-state index >= 15 is 0 Å². The van der Waals surface area contributed by atoms with Crippen LogP contribution in [0.3, 0.4) is 0 Å². The van der Waals surface area contributed by atoms with Crippen LogP contribution in [0.25, 0.3) is 10.8 Å². The predicted molar refractivity (Wildman–Crippen MR) is 120 cm³/mol. The molecule has 0 unspecified atom stereocenters. The molecule has 1 aliphatic heterocycles. The number of ether oxygens (including phenoxy) is 1. The predicted octanol–water partition coefficient (Wildman–Crippen LogP) is 3.44. The van der Waals surface area contributed by atoms with Gasteiger partial charge in [0.15, 0.2) is 0 Å². The van der Waals surface area contributed by atoms with E-state index < -0.39 is 10.0 Å². The average Bonchev–Trinajstić information content (AvgIpc) is 2.82. The minimum Gasteiger partial charge on any atom is -0.491 e. The molecule has 162 valence electrons. The molecule has 1 amide bonds. The molecule has 1 N–H and O–H groups in total. The van der Waals surface area contributed by atoms with Crippen molar-refractivity contribution in [3.05, 3.63) is 72.8 Å². The lowest BCUT2D eigenvalue weighted by atomic mass is 9.97. The van der Waals surface area contributed by atoms with E-state index in [1.165, 1.54) is 4.31 Å². The van der Waals surface area contributed by atoms with Crippen molar-refractivity contribution in [3.8, 4) is 5.75 Å². The number of nitrogens with one attached hydrogen (secondary N) is 1. The first-order valence-electron chi connectivity index (χ1n) is 10.5. The number of carbonyl (C=O) groups excluding carboxylic acids is 1. The number of rotatable bonds is 7. The van der Waals surface area contributed by atoms with Crippen molar-refractivity contribution >= 4 is 26.7 Å². The van der Waals surface area contributed by atoms with Gasteiger partial charge in [0.25, 0.3) is 0 Å². The molecule has 1 aliphatic rings. The second-order valence-corrected chi connectivity index (χ2v) is 9.55. The van der Waals surface area contributed by atoms with Gasteiger partial charge in [0.2, 0.25) is 15.9 Å². The Bertz CT molecular complexity index is 1140. The zero-order valence-corrected chi connectivity index (χ0v) is 18.1. The summed E-state index contributed by atoms with van der Waals surface area (Å²) < 4.78 is 32.8. The van der Waals surface area contributed by atoms with Crippen molar-refractivity contribution in [2.45, 2.75) is 17.7 Å². The molecule has 0 atom stereocenters. The highest BCUT2D eigenvalue weighted by molar-refractivity contribution is 7.89. The lowest BCUT2D eigenvalue weighted by molar-refractivity contribution is -0.126. The first-order chi connectivity index (χ1) is 15.1. The summed E-state index contributed by atoms with van der Waals surface area (Å²) in [6.07, 6.45) is 1.03. The van der Waals surface area contributed by atoms with Crippen LogP contribution in [0.1, 0.15) is 12.8 Å². The number of piperidine rings is 1. The molecule has 3 aromatic rings. The van der Waals surface area contributed by atoms with E-state index in [0.29, 0.717) is 44.0 Å². The van der Waals surface area contributed by atoms with Gasteiger partial charge in [0, 0.05) is 24.4 Å². The molecule has 0 radical (unpaired) electrons. The number of sulfonamides is 1. The first kappa shape index (κ1) is 21.3. The number of benzene rings is 3. The van der Waals surface area contributed by atoms with Gasteiger partial charge in [-0.05, 0) is 36.4 Å². The lowest BCUT2D eigenvalue weighted by Crippen LogP contribution is -2.43. The number of hydrogen-bond acceptors (Lipinski definition) is 4. The monoisotopic (exact) mass is 438 g/mol. The highest BCUT2D eigenvalue weighted by Gasteiger charge is 2.31. The van der Waals surface area contributed by atoms with Crippen LogP contribution in [-0.2, 0) is 14.8 Å². The topological polar surface area (TPSA) is 75.7 Å². The maximum atomic E-state index is 12.7.